The average Bonchev–Trinajstić information content (AvgIpc) is 2.43. The maximum absolute atomic E-state index is 10.3. The van der Waals surface area contributed by atoms with E-state index in [4.69, 9.17) is 5.11 Å². The van der Waals surface area contributed by atoms with Crippen molar-refractivity contribution in [2.75, 3.05) is 0 Å². The molecule has 0 heterocycles. The van der Waals surface area contributed by atoms with E-state index in [1.165, 1.54) is 70.6 Å². The molecule has 0 spiro atoms. The van der Waals surface area contributed by atoms with Crippen LogP contribution in [0.5, 0.6) is 0 Å². The van der Waals surface area contributed by atoms with Crippen molar-refractivity contribution in [1.29, 1.82) is 0 Å². The fourth-order valence-corrected chi connectivity index (χ4v) is 2.35. The third-order valence-corrected chi connectivity index (χ3v) is 3.65. The summed E-state index contributed by atoms with van der Waals surface area (Å²) in [7, 11) is 0. The van der Waals surface area contributed by atoms with Crippen LogP contribution in [0.4, 0.5) is 0 Å². The van der Waals surface area contributed by atoms with E-state index in [1.54, 1.807) is 0 Å². The van der Waals surface area contributed by atoms with Gasteiger partial charge in [0.1, 0.15) is 0 Å². The molecule has 0 atom stereocenters. The Hall–Kier alpha value is 0.249. The number of unbranched alkanes of at least 4 members (excludes halogenated alkanes) is 11. The summed E-state index contributed by atoms with van der Waals surface area (Å²) < 4.78 is 0. The van der Waals surface area contributed by atoms with Crippen LogP contribution in [0.2, 0.25) is 0 Å². The second-order valence-electron chi connectivity index (χ2n) is 5.73. The van der Waals surface area contributed by atoms with Crippen LogP contribution in [0.15, 0.2) is 12.2 Å². The van der Waals surface area contributed by atoms with Gasteiger partial charge < -0.3 is 5.11 Å². The number of carboxylic acid groups (broad SMARTS) is 1. The Labute approximate surface area is 158 Å². The molecule has 0 saturated heterocycles. The Morgan fingerprint density at radius 2 is 1.18 bits per heavy atom. The first-order valence-electron chi connectivity index (χ1n) is 8.64. The molecule has 0 aromatic heterocycles. The molecule has 0 aliphatic rings. The van der Waals surface area contributed by atoms with Gasteiger partial charge in [0.2, 0.25) is 0 Å². The topological polar surface area (TPSA) is 37.3 Å². The molecule has 1 N–H and O–H groups in total. The third-order valence-electron chi connectivity index (χ3n) is 3.65. The van der Waals surface area contributed by atoms with Crippen LogP contribution < -0.4 is 0 Å². The second kappa shape index (κ2) is 23.5. The summed E-state index contributed by atoms with van der Waals surface area (Å²) in [6.45, 7) is 2.26. The van der Waals surface area contributed by atoms with Crippen molar-refractivity contribution in [3.8, 4) is 0 Å². The van der Waals surface area contributed by atoms with Gasteiger partial charge in [-0.1, -0.05) is 70.4 Å². The maximum atomic E-state index is 10.3. The molecule has 0 bridgehead atoms. The predicted molar refractivity (Wildman–Crippen MR) is 87.1 cm³/mol. The fraction of sp³-hybridized carbons (Fsp3) is 0.833. The molecule has 0 aromatic rings. The summed E-state index contributed by atoms with van der Waals surface area (Å²) in [5.74, 6) is -0.664. The number of carboxylic acids is 1. The first-order valence-corrected chi connectivity index (χ1v) is 8.64. The van der Waals surface area contributed by atoms with Gasteiger partial charge in [0.15, 0.2) is 0 Å². The van der Waals surface area contributed by atoms with Crippen LogP contribution in [0, 0.1) is 0 Å². The minimum Gasteiger partial charge on any atom is -0.481 e. The number of hydrogen-bond acceptors (Lipinski definition) is 1. The molecule has 0 unspecified atom stereocenters. The zero-order valence-corrected chi connectivity index (χ0v) is 16.1. The molecule has 22 heavy (non-hydrogen) atoms. The Morgan fingerprint density at radius 1 is 0.773 bits per heavy atom. The monoisotopic (exact) mass is 401 g/mol. The molecule has 1 radical (unpaired) electrons. The van der Waals surface area contributed by atoms with Crippen LogP contribution in [0.3, 0.4) is 0 Å². The standard InChI is InChI=1S/C18H34O2.Cu.Fe/c1-2-3-4-5-6-7-8-9-10-11-12-13-14-15-16-17-18(19)20;;/h9-10H,2-8,11-17H2,1H3,(H,19,20);;/b10-9-;;. The number of carbonyl (C=O) groups is 1. The van der Waals surface area contributed by atoms with Crippen molar-refractivity contribution in [1.82, 2.24) is 0 Å². The Morgan fingerprint density at radius 3 is 1.64 bits per heavy atom. The summed E-state index contributed by atoms with van der Waals surface area (Å²) in [6.07, 6.45) is 21.2. The van der Waals surface area contributed by atoms with E-state index >= 15 is 0 Å². The van der Waals surface area contributed by atoms with Gasteiger partial charge in [0.25, 0.3) is 0 Å². The molecule has 0 saturated carbocycles. The summed E-state index contributed by atoms with van der Waals surface area (Å²) in [4.78, 5) is 10.3. The smallest absolute Gasteiger partial charge is 0.303 e. The maximum Gasteiger partial charge on any atom is 0.303 e. The molecular weight excluding hydrogens is 368 g/mol. The molecule has 0 amide bonds. The van der Waals surface area contributed by atoms with E-state index in [1.807, 2.05) is 0 Å². The van der Waals surface area contributed by atoms with Crippen LogP contribution in [-0.4, -0.2) is 11.1 Å². The van der Waals surface area contributed by atoms with E-state index in [9.17, 15) is 4.79 Å². The summed E-state index contributed by atoms with van der Waals surface area (Å²) in [5, 5.41) is 8.51. The molecule has 0 fully saturated rings. The summed E-state index contributed by atoms with van der Waals surface area (Å²) in [5.41, 5.74) is 0. The molecule has 0 rings (SSSR count). The van der Waals surface area contributed by atoms with Crippen molar-refractivity contribution in [3.05, 3.63) is 12.2 Å². The Kier molecular flexibility index (Phi) is 29.0. The van der Waals surface area contributed by atoms with E-state index in [2.05, 4.69) is 19.1 Å². The Balaban J connectivity index is -0.00000180. The van der Waals surface area contributed by atoms with E-state index in [0.29, 0.717) is 6.42 Å². The first-order chi connectivity index (χ1) is 9.77. The van der Waals surface area contributed by atoms with Crippen molar-refractivity contribution in [3.63, 3.8) is 0 Å². The van der Waals surface area contributed by atoms with Crippen LogP contribution >= 0.6 is 0 Å². The van der Waals surface area contributed by atoms with Gasteiger partial charge in [-0.25, -0.2) is 0 Å². The quantitative estimate of drug-likeness (QED) is 0.204. The molecule has 137 valence electrons. The molecule has 0 aliphatic heterocycles. The van der Waals surface area contributed by atoms with Crippen molar-refractivity contribution in [2.24, 2.45) is 0 Å². The van der Waals surface area contributed by atoms with Gasteiger partial charge in [0, 0.05) is 40.6 Å². The fourth-order valence-electron chi connectivity index (χ4n) is 2.35. The van der Waals surface area contributed by atoms with Gasteiger partial charge in [-0.05, 0) is 32.1 Å². The molecule has 0 aliphatic carbocycles. The van der Waals surface area contributed by atoms with Crippen molar-refractivity contribution < 1.29 is 44.0 Å². The molecule has 2 nitrogen and oxygen atoms in total. The number of aliphatic carboxylic acids is 1. The number of rotatable bonds is 15. The molecule has 4 heteroatoms. The average molecular weight is 402 g/mol. The third kappa shape index (κ3) is 25.2. The SMILES string of the molecule is CCCCCCCC/C=C\CCCCCCCC(=O)O.[Cu].[Fe]. The zero-order chi connectivity index (χ0) is 14.9. The van der Waals surface area contributed by atoms with Crippen LogP contribution in [0.25, 0.3) is 0 Å². The number of allylic oxidation sites excluding steroid dienone is 2. The second-order valence-corrected chi connectivity index (χ2v) is 5.73. The molecular formula is C18H34CuFeO2. The van der Waals surface area contributed by atoms with Gasteiger partial charge in [-0.15, -0.1) is 0 Å². The minimum atomic E-state index is -0.664. The van der Waals surface area contributed by atoms with Crippen LogP contribution in [0.1, 0.15) is 96.8 Å². The van der Waals surface area contributed by atoms with Gasteiger partial charge in [-0.2, -0.15) is 0 Å². The largest absolute Gasteiger partial charge is 0.481 e. The first kappa shape index (κ1) is 27.1. The summed E-state index contributed by atoms with van der Waals surface area (Å²) >= 11 is 0. The molecule has 0 aromatic carbocycles. The van der Waals surface area contributed by atoms with E-state index in [0.717, 1.165) is 12.8 Å². The van der Waals surface area contributed by atoms with Gasteiger partial charge in [-0.3, -0.25) is 4.79 Å². The number of hydrogen-bond donors (Lipinski definition) is 1. The predicted octanol–water partition coefficient (Wildman–Crippen LogP) is 6.10. The normalized spacial score (nSPS) is 10.2. The van der Waals surface area contributed by atoms with Gasteiger partial charge >= 0.3 is 5.97 Å². The van der Waals surface area contributed by atoms with Gasteiger partial charge in [0.05, 0.1) is 0 Å². The Bertz CT molecular complexity index is 245. The van der Waals surface area contributed by atoms with Crippen LogP contribution in [-0.2, 0) is 38.9 Å². The summed E-state index contributed by atoms with van der Waals surface area (Å²) in [6, 6.07) is 0. The zero-order valence-electron chi connectivity index (χ0n) is 14.1. The van der Waals surface area contributed by atoms with Crippen molar-refractivity contribution >= 4 is 5.97 Å². The van der Waals surface area contributed by atoms with Crippen molar-refractivity contribution in [2.45, 2.75) is 96.8 Å². The van der Waals surface area contributed by atoms with E-state index < -0.39 is 5.97 Å². The minimum absolute atomic E-state index is 0. The van der Waals surface area contributed by atoms with E-state index in [-0.39, 0.29) is 34.1 Å².